The summed E-state index contributed by atoms with van der Waals surface area (Å²) in [7, 11) is 1.55. The molecule has 0 aromatic heterocycles. The number of halogens is 1. The summed E-state index contributed by atoms with van der Waals surface area (Å²) in [6, 6.07) is 12.8. The van der Waals surface area contributed by atoms with Gasteiger partial charge in [0.05, 0.1) is 18.3 Å². The Labute approximate surface area is 176 Å². The molecule has 0 saturated carbocycles. The highest BCUT2D eigenvalue weighted by atomic mass is 35.5. The molecule has 3 N–H and O–H groups in total. The maximum Gasteiger partial charge on any atom is 0.246 e. The molecule has 2 amide bonds. The highest BCUT2D eigenvalue weighted by Crippen LogP contribution is 2.26. The molecular weight excluding hydrogens is 390 g/mol. The number of rotatable bonds is 8. The number of likely N-dealkylation sites (N-methyl/N-ethyl adjacent to an activating group) is 1. The highest BCUT2D eigenvalue weighted by Gasteiger charge is 2.22. The first-order valence-electron chi connectivity index (χ1n) is 9.39. The molecule has 0 radical (unpaired) electrons. The van der Waals surface area contributed by atoms with Crippen molar-refractivity contribution in [3.05, 3.63) is 64.7 Å². The normalized spacial score (nSPS) is 11.8. The minimum atomic E-state index is -0.668. The van der Waals surface area contributed by atoms with Crippen LogP contribution in [-0.4, -0.2) is 37.2 Å². The number of nitrogens with zero attached hydrogens (tertiary/aromatic N) is 1. The van der Waals surface area contributed by atoms with Gasteiger partial charge >= 0.3 is 0 Å². The van der Waals surface area contributed by atoms with E-state index in [-0.39, 0.29) is 30.1 Å². The van der Waals surface area contributed by atoms with Crippen LogP contribution >= 0.6 is 11.6 Å². The first-order valence-corrected chi connectivity index (χ1v) is 9.77. The second kappa shape index (κ2) is 10.2. The molecule has 0 aliphatic carbocycles. The van der Waals surface area contributed by atoms with Gasteiger partial charge in [0.25, 0.3) is 0 Å². The van der Waals surface area contributed by atoms with E-state index in [1.165, 1.54) is 11.0 Å². The molecule has 0 fully saturated rings. The van der Waals surface area contributed by atoms with Crippen molar-refractivity contribution in [1.82, 2.24) is 5.32 Å². The lowest BCUT2D eigenvalue weighted by molar-refractivity contribution is -0.126. The Kier molecular flexibility index (Phi) is 7.93. The zero-order chi connectivity index (χ0) is 21.6. The van der Waals surface area contributed by atoms with E-state index in [2.05, 4.69) is 5.32 Å². The lowest BCUT2D eigenvalue weighted by atomic mass is 10.0. The molecule has 0 spiro atoms. The van der Waals surface area contributed by atoms with Crippen molar-refractivity contribution in [2.45, 2.75) is 26.3 Å². The van der Waals surface area contributed by atoms with Crippen molar-refractivity contribution in [3.8, 4) is 0 Å². The van der Waals surface area contributed by atoms with Crippen LogP contribution in [0, 0.1) is 5.92 Å². The van der Waals surface area contributed by atoms with Crippen LogP contribution in [0.1, 0.15) is 36.2 Å². The molecule has 6 nitrogen and oxygen atoms in total. The predicted molar refractivity (Wildman–Crippen MR) is 115 cm³/mol. The summed E-state index contributed by atoms with van der Waals surface area (Å²) in [4.78, 5) is 38.9. The van der Waals surface area contributed by atoms with Gasteiger partial charge in [0.15, 0.2) is 5.78 Å². The quantitative estimate of drug-likeness (QED) is 0.648. The van der Waals surface area contributed by atoms with E-state index in [4.69, 9.17) is 17.3 Å². The smallest absolute Gasteiger partial charge is 0.246 e. The second-order valence-corrected chi connectivity index (χ2v) is 7.70. The molecule has 1 atom stereocenters. The van der Waals surface area contributed by atoms with Crippen molar-refractivity contribution in [2.24, 2.45) is 11.7 Å². The van der Waals surface area contributed by atoms with Gasteiger partial charge in [-0.1, -0.05) is 55.8 Å². The van der Waals surface area contributed by atoms with Gasteiger partial charge in [-0.25, -0.2) is 0 Å². The van der Waals surface area contributed by atoms with Gasteiger partial charge in [0, 0.05) is 23.2 Å². The van der Waals surface area contributed by atoms with Crippen molar-refractivity contribution < 1.29 is 14.4 Å². The summed E-state index contributed by atoms with van der Waals surface area (Å²) in [5.74, 6) is -0.725. The average Bonchev–Trinajstić information content (AvgIpc) is 2.70. The minimum Gasteiger partial charge on any atom is -0.346 e. The van der Waals surface area contributed by atoms with Gasteiger partial charge in [0.1, 0.15) is 0 Å². The Morgan fingerprint density at radius 1 is 1.10 bits per heavy atom. The summed E-state index contributed by atoms with van der Waals surface area (Å²) in [6.07, 6.45) is 0.531. The highest BCUT2D eigenvalue weighted by molar-refractivity contribution is 6.31. The van der Waals surface area contributed by atoms with Crippen LogP contribution in [0.4, 0.5) is 5.69 Å². The van der Waals surface area contributed by atoms with E-state index in [0.29, 0.717) is 28.3 Å². The van der Waals surface area contributed by atoms with Gasteiger partial charge in [-0.3, -0.25) is 14.4 Å². The molecule has 0 aliphatic heterocycles. The molecule has 7 heteroatoms. The van der Waals surface area contributed by atoms with Crippen LogP contribution in [0.25, 0.3) is 0 Å². The first kappa shape index (κ1) is 22.6. The molecule has 0 bridgehead atoms. The number of benzene rings is 2. The second-order valence-electron chi connectivity index (χ2n) is 7.26. The molecule has 0 saturated heterocycles. The van der Waals surface area contributed by atoms with Crippen LogP contribution in [0.15, 0.2) is 48.5 Å². The molecule has 0 unspecified atom stereocenters. The number of carbonyl (C=O) groups is 3. The first-order chi connectivity index (χ1) is 13.7. The molecule has 2 rings (SSSR count). The molecule has 29 heavy (non-hydrogen) atoms. The molecule has 154 valence electrons. The number of anilines is 1. The molecule has 0 heterocycles. The number of hydrogen-bond acceptors (Lipinski definition) is 4. The summed E-state index contributed by atoms with van der Waals surface area (Å²) in [5, 5.41) is 2.95. The fourth-order valence-electron chi connectivity index (χ4n) is 2.89. The third-order valence-electron chi connectivity index (χ3n) is 4.45. The third-order valence-corrected chi connectivity index (χ3v) is 4.69. The Bertz CT molecular complexity index is 884. The van der Waals surface area contributed by atoms with Crippen LogP contribution in [0.2, 0.25) is 5.02 Å². The zero-order valence-electron chi connectivity index (χ0n) is 16.8. The number of nitrogens with two attached hydrogens (primary N) is 1. The molecule has 2 aromatic rings. The number of nitrogens with one attached hydrogen (secondary N) is 1. The molecule has 2 aromatic carbocycles. The fourth-order valence-corrected chi connectivity index (χ4v) is 3.06. The third kappa shape index (κ3) is 6.14. The van der Waals surface area contributed by atoms with E-state index in [0.717, 1.165) is 0 Å². The maximum absolute atomic E-state index is 12.9. The number of hydrogen-bond donors (Lipinski definition) is 2. The Hall–Kier alpha value is -2.70. The van der Waals surface area contributed by atoms with Gasteiger partial charge in [0.2, 0.25) is 11.8 Å². The summed E-state index contributed by atoms with van der Waals surface area (Å²) in [5.41, 5.74) is 7.05. The van der Waals surface area contributed by atoms with Crippen LogP contribution in [0.3, 0.4) is 0 Å². The summed E-state index contributed by atoms with van der Waals surface area (Å²) >= 11 is 6.09. The number of carbonyl (C=O) groups excluding carboxylic acids is 3. The van der Waals surface area contributed by atoms with Crippen molar-refractivity contribution >= 4 is 34.9 Å². The van der Waals surface area contributed by atoms with Gasteiger partial charge in [-0.05, 0) is 30.5 Å². The topological polar surface area (TPSA) is 92.5 Å². The Morgan fingerprint density at radius 2 is 1.76 bits per heavy atom. The maximum atomic E-state index is 12.9. The lowest BCUT2D eigenvalue weighted by Gasteiger charge is -2.21. The predicted octanol–water partition coefficient (Wildman–Crippen LogP) is 3.02. The van der Waals surface area contributed by atoms with Gasteiger partial charge < -0.3 is 16.0 Å². The SMILES string of the molecule is CC(C)C[C@H](N)C(=O)NCC(=O)N(C)c1ccc(Cl)cc1C(=O)c1ccccc1. The van der Waals surface area contributed by atoms with Crippen LogP contribution < -0.4 is 16.0 Å². The van der Waals surface area contributed by atoms with Crippen molar-refractivity contribution in [2.75, 3.05) is 18.5 Å². The average molecular weight is 416 g/mol. The number of ketones is 1. The monoisotopic (exact) mass is 415 g/mol. The van der Waals surface area contributed by atoms with E-state index in [1.807, 2.05) is 19.9 Å². The van der Waals surface area contributed by atoms with E-state index in [1.54, 1.807) is 43.4 Å². The van der Waals surface area contributed by atoms with Gasteiger partial charge in [-0.2, -0.15) is 0 Å². The van der Waals surface area contributed by atoms with E-state index < -0.39 is 6.04 Å². The van der Waals surface area contributed by atoms with E-state index in [9.17, 15) is 14.4 Å². The molecular formula is C22H26ClN3O3. The van der Waals surface area contributed by atoms with Crippen molar-refractivity contribution in [3.63, 3.8) is 0 Å². The standard InChI is InChI=1S/C22H26ClN3O3/c1-14(2)11-18(24)22(29)25-13-20(27)26(3)19-10-9-16(23)12-17(19)21(28)15-7-5-4-6-8-15/h4-10,12,14,18H,11,13,24H2,1-3H3,(H,25,29)/t18-/m0/s1. The zero-order valence-corrected chi connectivity index (χ0v) is 17.6. The fraction of sp³-hybridized carbons (Fsp3) is 0.318. The van der Waals surface area contributed by atoms with Gasteiger partial charge in [-0.15, -0.1) is 0 Å². The minimum absolute atomic E-state index is 0.220. The summed E-state index contributed by atoms with van der Waals surface area (Å²) < 4.78 is 0. The van der Waals surface area contributed by atoms with Crippen molar-refractivity contribution in [1.29, 1.82) is 0 Å². The largest absolute Gasteiger partial charge is 0.346 e. The lowest BCUT2D eigenvalue weighted by Crippen LogP contribution is -2.46. The van der Waals surface area contributed by atoms with Crippen LogP contribution in [0.5, 0.6) is 0 Å². The molecule has 0 aliphatic rings. The van der Waals surface area contributed by atoms with E-state index >= 15 is 0 Å². The summed E-state index contributed by atoms with van der Waals surface area (Å²) in [6.45, 7) is 3.72. The Morgan fingerprint density at radius 3 is 2.38 bits per heavy atom. The Balaban J connectivity index is 2.16. The number of amides is 2. The van der Waals surface area contributed by atoms with Crippen LogP contribution in [-0.2, 0) is 9.59 Å².